The van der Waals surface area contributed by atoms with Gasteiger partial charge in [0.15, 0.2) is 6.61 Å². The third-order valence-corrected chi connectivity index (χ3v) is 5.19. The summed E-state index contributed by atoms with van der Waals surface area (Å²) >= 11 is 1.56. The number of amides is 1. The molecular weight excluding hydrogens is 402 g/mol. The van der Waals surface area contributed by atoms with Gasteiger partial charge in [-0.05, 0) is 56.0 Å². The highest BCUT2D eigenvalue weighted by Gasteiger charge is 2.15. The molecule has 30 heavy (non-hydrogen) atoms. The van der Waals surface area contributed by atoms with Gasteiger partial charge in [0.2, 0.25) is 0 Å². The number of nitriles is 1. The van der Waals surface area contributed by atoms with Gasteiger partial charge in [0.1, 0.15) is 11.6 Å². The highest BCUT2D eigenvalue weighted by atomic mass is 32.2. The van der Waals surface area contributed by atoms with Gasteiger partial charge in [-0.2, -0.15) is 5.26 Å². The number of carbonyl (C=O) groups excluding carboxylic acids is 2. The minimum absolute atomic E-state index is 0.167. The highest BCUT2D eigenvalue weighted by molar-refractivity contribution is 7.98. The summed E-state index contributed by atoms with van der Waals surface area (Å²) in [4.78, 5) is 25.4. The normalized spacial score (nSPS) is 11.1. The lowest BCUT2D eigenvalue weighted by atomic mass is 10.1. The zero-order chi connectivity index (χ0) is 22.1. The van der Waals surface area contributed by atoms with Crippen molar-refractivity contribution in [1.29, 1.82) is 5.26 Å². The van der Waals surface area contributed by atoms with E-state index in [1.807, 2.05) is 55.0 Å². The maximum absolute atomic E-state index is 12.3. The SMILES string of the molecule is COCCn1c(C)cc(/C=C(\C#N)C(=O)OCC(=O)Nc2cccc(SC)c2)c1C. The Bertz CT molecular complexity index is 989. The predicted octanol–water partition coefficient (Wildman–Crippen LogP) is 3.56. The first-order valence-electron chi connectivity index (χ1n) is 9.28. The largest absolute Gasteiger partial charge is 0.451 e. The lowest BCUT2D eigenvalue weighted by Gasteiger charge is -2.08. The molecule has 1 aromatic carbocycles. The molecule has 0 aliphatic rings. The van der Waals surface area contributed by atoms with Gasteiger partial charge in [-0.15, -0.1) is 11.8 Å². The number of thioether (sulfide) groups is 1. The van der Waals surface area contributed by atoms with Crippen molar-refractivity contribution in [3.8, 4) is 6.07 Å². The number of esters is 1. The average Bonchev–Trinajstić information content (AvgIpc) is 3.01. The molecule has 8 heteroatoms. The number of hydrogen-bond acceptors (Lipinski definition) is 6. The van der Waals surface area contributed by atoms with Gasteiger partial charge in [-0.1, -0.05) is 6.07 Å². The Morgan fingerprint density at radius 1 is 1.30 bits per heavy atom. The van der Waals surface area contributed by atoms with Gasteiger partial charge < -0.3 is 19.4 Å². The number of carbonyl (C=O) groups is 2. The quantitative estimate of drug-likeness (QED) is 0.285. The van der Waals surface area contributed by atoms with Gasteiger partial charge in [0.25, 0.3) is 5.91 Å². The summed E-state index contributed by atoms with van der Waals surface area (Å²) < 4.78 is 12.2. The fourth-order valence-corrected chi connectivity index (χ4v) is 3.36. The van der Waals surface area contributed by atoms with Crippen LogP contribution in [-0.2, 0) is 25.6 Å². The Kier molecular flexibility index (Phi) is 8.71. The Labute approximate surface area is 180 Å². The van der Waals surface area contributed by atoms with Crippen LogP contribution in [0.1, 0.15) is 17.0 Å². The summed E-state index contributed by atoms with van der Waals surface area (Å²) in [7, 11) is 1.63. The summed E-state index contributed by atoms with van der Waals surface area (Å²) in [6.45, 7) is 4.60. The van der Waals surface area contributed by atoms with Gasteiger partial charge in [0, 0.05) is 35.6 Å². The van der Waals surface area contributed by atoms with Crippen LogP contribution in [0.25, 0.3) is 6.08 Å². The van der Waals surface area contributed by atoms with E-state index in [4.69, 9.17) is 9.47 Å². The molecule has 0 spiro atoms. The second kappa shape index (κ2) is 11.2. The Balaban J connectivity index is 2.02. The van der Waals surface area contributed by atoms with Crippen LogP contribution in [0.4, 0.5) is 5.69 Å². The molecule has 1 N–H and O–H groups in total. The maximum atomic E-state index is 12.3. The Hall–Kier alpha value is -3.02. The summed E-state index contributed by atoms with van der Waals surface area (Å²) in [5.41, 5.74) is 3.10. The van der Waals surface area contributed by atoms with E-state index in [0.717, 1.165) is 21.8 Å². The van der Waals surface area contributed by atoms with Crippen LogP contribution in [0.5, 0.6) is 0 Å². The molecule has 0 unspecified atom stereocenters. The van der Waals surface area contributed by atoms with Crippen molar-refractivity contribution in [2.45, 2.75) is 25.3 Å². The molecule has 1 amide bonds. The van der Waals surface area contributed by atoms with Crippen molar-refractivity contribution in [2.24, 2.45) is 0 Å². The second-order valence-corrected chi connectivity index (χ2v) is 7.38. The number of nitrogens with zero attached hydrogens (tertiary/aromatic N) is 2. The zero-order valence-corrected chi connectivity index (χ0v) is 18.3. The fraction of sp³-hybridized carbons (Fsp3) is 0.318. The van der Waals surface area contributed by atoms with E-state index in [9.17, 15) is 14.9 Å². The molecule has 0 saturated carbocycles. The van der Waals surface area contributed by atoms with Crippen LogP contribution >= 0.6 is 11.8 Å². The number of benzene rings is 1. The lowest BCUT2D eigenvalue weighted by Crippen LogP contribution is -2.21. The standard InChI is InChI=1S/C22H25N3O4S/c1-15-10-17(16(2)25(15)8-9-28-3)11-18(13-23)22(27)29-14-21(26)24-19-6-5-7-20(12-19)30-4/h5-7,10-12H,8-9,14H2,1-4H3,(H,24,26)/b18-11+. The summed E-state index contributed by atoms with van der Waals surface area (Å²) in [6.07, 6.45) is 3.42. The van der Waals surface area contributed by atoms with E-state index in [1.54, 1.807) is 24.9 Å². The second-order valence-electron chi connectivity index (χ2n) is 6.50. The highest BCUT2D eigenvalue weighted by Crippen LogP contribution is 2.20. The Morgan fingerprint density at radius 2 is 2.07 bits per heavy atom. The minimum atomic E-state index is -0.841. The smallest absolute Gasteiger partial charge is 0.349 e. The fourth-order valence-electron chi connectivity index (χ4n) is 2.90. The third-order valence-electron chi connectivity index (χ3n) is 4.46. The van der Waals surface area contributed by atoms with Gasteiger partial charge >= 0.3 is 5.97 Å². The van der Waals surface area contributed by atoms with Crippen LogP contribution in [-0.4, -0.2) is 43.0 Å². The molecule has 0 atom stereocenters. The van der Waals surface area contributed by atoms with Gasteiger partial charge in [-0.3, -0.25) is 4.79 Å². The molecule has 2 rings (SSSR count). The number of hydrogen-bond donors (Lipinski definition) is 1. The molecular formula is C22H25N3O4S. The molecule has 1 aromatic heterocycles. The van der Waals surface area contributed by atoms with E-state index in [2.05, 4.69) is 5.32 Å². The third kappa shape index (κ3) is 6.24. The molecule has 0 aliphatic carbocycles. The summed E-state index contributed by atoms with van der Waals surface area (Å²) in [6, 6.07) is 11.1. The first-order chi connectivity index (χ1) is 14.4. The first kappa shape index (κ1) is 23.3. The number of aryl methyl sites for hydroxylation is 1. The number of methoxy groups -OCH3 is 1. The number of anilines is 1. The van der Waals surface area contributed by atoms with Crippen molar-refractivity contribution in [3.63, 3.8) is 0 Å². The molecule has 0 aliphatic heterocycles. The van der Waals surface area contributed by atoms with Crippen molar-refractivity contribution in [2.75, 3.05) is 31.9 Å². The van der Waals surface area contributed by atoms with E-state index >= 15 is 0 Å². The molecule has 0 bridgehead atoms. The monoisotopic (exact) mass is 427 g/mol. The summed E-state index contributed by atoms with van der Waals surface area (Å²) in [5, 5.41) is 12.0. The topological polar surface area (TPSA) is 93.3 Å². The molecule has 0 saturated heterocycles. The maximum Gasteiger partial charge on any atom is 0.349 e. The van der Waals surface area contributed by atoms with Crippen LogP contribution in [0.15, 0.2) is 40.8 Å². The van der Waals surface area contributed by atoms with E-state index in [-0.39, 0.29) is 5.57 Å². The van der Waals surface area contributed by atoms with Crippen LogP contribution in [0, 0.1) is 25.2 Å². The van der Waals surface area contributed by atoms with Crippen LogP contribution in [0.2, 0.25) is 0 Å². The molecule has 2 aromatic rings. The zero-order valence-electron chi connectivity index (χ0n) is 17.5. The molecule has 7 nitrogen and oxygen atoms in total. The van der Waals surface area contributed by atoms with Crippen LogP contribution in [0.3, 0.4) is 0 Å². The van der Waals surface area contributed by atoms with E-state index < -0.39 is 18.5 Å². The van der Waals surface area contributed by atoms with Crippen molar-refractivity contribution in [3.05, 3.63) is 52.9 Å². The van der Waals surface area contributed by atoms with Crippen molar-refractivity contribution >= 4 is 35.4 Å². The Morgan fingerprint density at radius 3 is 2.73 bits per heavy atom. The minimum Gasteiger partial charge on any atom is -0.451 e. The van der Waals surface area contributed by atoms with Crippen LogP contribution < -0.4 is 5.32 Å². The van der Waals surface area contributed by atoms with E-state index in [0.29, 0.717) is 18.8 Å². The number of aromatic nitrogens is 1. The molecule has 0 radical (unpaired) electrons. The number of nitrogens with one attached hydrogen (secondary N) is 1. The number of ether oxygens (including phenoxy) is 2. The van der Waals surface area contributed by atoms with E-state index in [1.165, 1.54) is 6.08 Å². The molecule has 158 valence electrons. The summed E-state index contributed by atoms with van der Waals surface area (Å²) in [5.74, 6) is -1.32. The first-order valence-corrected chi connectivity index (χ1v) is 10.5. The average molecular weight is 428 g/mol. The molecule has 0 fully saturated rings. The van der Waals surface area contributed by atoms with Crippen molar-refractivity contribution < 1.29 is 19.1 Å². The number of rotatable bonds is 9. The molecule has 1 heterocycles. The van der Waals surface area contributed by atoms with Crippen molar-refractivity contribution in [1.82, 2.24) is 4.57 Å². The predicted molar refractivity (Wildman–Crippen MR) is 117 cm³/mol. The van der Waals surface area contributed by atoms with Gasteiger partial charge in [-0.25, -0.2) is 4.79 Å². The lowest BCUT2D eigenvalue weighted by molar-refractivity contribution is -0.142. The van der Waals surface area contributed by atoms with Gasteiger partial charge in [0.05, 0.1) is 6.61 Å².